The lowest BCUT2D eigenvalue weighted by Crippen LogP contribution is -2.51. The summed E-state index contributed by atoms with van der Waals surface area (Å²) >= 11 is 18.7. The van der Waals surface area contributed by atoms with Crippen LogP contribution in [-0.2, 0) is 26.2 Å². The van der Waals surface area contributed by atoms with Gasteiger partial charge in [0, 0.05) is 28.2 Å². The molecule has 0 unspecified atom stereocenters. The SMILES string of the molecule is CCNC(=O)[C@@H](C)N(Cc1ccccc1Cl)C(=O)CN(c1cc(Cl)cc(Cl)c1)S(=O)(=O)c1ccccc1. The van der Waals surface area contributed by atoms with E-state index in [0.717, 1.165) is 4.31 Å². The third kappa shape index (κ3) is 7.17. The fraction of sp³-hybridized carbons (Fsp3) is 0.231. The van der Waals surface area contributed by atoms with Crippen LogP contribution in [0.5, 0.6) is 0 Å². The molecule has 37 heavy (non-hydrogen) atoms. The van der Waals surface area contributed by atoms with Crippen LogP contribution in [0.1, 0.15) is 19.4 Å². The van der Waals surface area contributed by atoms with Crippen LogP contribution in [0, 0.1) is 0 Å². The third-order valence-electron chi connectivity index (χ3n) is 5.56. The number of carbonyl (C=O) groups excluding carboxylic acids is 2. The predicted molar refractivity (Wildman–Crippen MR) is 148 cm³/mol. The Balaban J connectivity index is 2.06. The summed E-state index contributed by atoms with van der Waals surface area (Å²) in [7, 11) is -4.21. The molecule has 3 aromatic carbocycles. The lowest BCUT2D eigenvalue weighted by Gasteiger charge is -2.32. The summed E-state index contributed by atoms with van der Waals surface area (Å²) in [5.74, 6) is -1.000. The van der Waals surface area contributed by atoms with Gasteiger partial charge >= 0.3 is 0 Å². The lowest BCUT2D eigenvalue weighted by atomic mass is 10.1. The Morgan fingerprint density at radius 2 is 1.51 bits per heavy atom. The molecule has 0 aliphatic heterocycles. The van der Waals surface area contributed by atoms with Crippen molar-refractivity contribution in [1.29, 1.82) is 0 Å². The summed E-state index contributed by atoms with van der Waals surface area (Å²) < 4.78 is 28.3. The van der Waals surface area contributed by atoms with Gasteiger partial charge in [-0.15, -0.1) is 0 Å². The molecular formula is C26H26Cl3N3O4S. The minimum absolute atomic E-state index is 0.00760. The maximum absolute atomic E-state index is 13.8. The second-order valence-electron chi connectivity index (χ2n) is 8.14. The van der Waals surface area contributed by atoms with Gasteiger partial charge in [0.15, 0.2) is 0 Å². The molecule has 0 fully saturated rings. The minimum atomic E-state index is -4.21. The number of nitrogens with one attached hydrogen (secondary N) is 1. The fourth-order valence-corrected chi connectivity index (χ4v) is 5.78. The molecule has 0 spiro atoms. The van der Waals surface area contributed by atoms with Crippen molar-refractivity contribution in [2.24, 2.45) is 0 Å². The highest BCUT2D eigenvalue weighted by molar-refractivity contribution is 7.92. The van der Waals surface area contributed by atoms with E-state index >= 15 is 0 Å². The Morgan fingerprint density at radius 1 is 0.919 bits per heavy atom. The van der Waals surface area contributed by atoms with E-state index in [2.05, 4.69) is 5.32 Å². The highest BCUT2D eigenvalue weighted by Gasteiger charge is 2.32. The minimum Gasteiger partial charge on any atom is -0.355 e. The van der Waals surface area contributed by atoms with Crippen LogP contribution in [0.3, 0.4) is 0 Å². The Hall–Kier alpha value is -2.78. The van der Waals surface area contributed by atoms with Gasteiger partial charge in [0.05, 0.1) is 10.6 Å². The van der Waals surface area contributed by atoms with Crippen LogP contribution in [0.4, 0.5) is 5.69 Å². The summed E-state index contributed by atoms with van der Waals surface area (Å²) in [4.78, 5) is 27.8. The third-order valence-corrected chi connectivity index (χ3v) is 8.16. The monoisotopic (exact) mass is 581 g/mol. The van der Waals surface area contributed by atoms with Crippen molar-refractivity contribution in [1.82, 2.24) is 10.2 Å². The van der Waals surface area contributed by atoms with Crippen molar-refractivity contribution in [3.8, 4) is 0 Å². The number of likely N-dealkylation sites (N-methyl/N-ethyl adjacent to an activating group) is 1. The van der Waals surface area contributed by atoms with Crippen molar-refractivity contribution >= 4 is 62.3 Å². The quantitative estimate of drug-likeness (QED) is 0.347. The molecule has 11 heteroatoms. The standard InChI is InChI=1S/C26H26Cl3N3O4S/c1-3-30-26(34)18(2)31(16-19-9-7-8-12-24(19)29)25(33)17-32(22-14-20(27)13-21(28)15-22)37(35,36)23-10-5-4-6-11-23/h4-15,18H,3,16-17H2,1-2H3,(H,30,34)/t18-/m1/s1. The molecular weight excluding hydrogens is 557 g/mol. The Labute approximate surface area is 232 Å². The number of halogens is 3. The van der Waals surface area contributed by atoms with E-state index in [4.69, 9.17) is 34.8 Å². The molecule has 196 valence electrons. The van der Waals surface area contributed by atoms with Crippen LogP contribution < -0.4 is 9.62 Å². The van der Waals surface area contributed by atoms with Gasteiger partial charge in [0.1, 0.15) is 12.6 Å². The number of anilines is 1. The van der Waals surface area contributed by atoms with Crippen molar-refractivity contribution in [3.63, 3.8) is 0 Å². The molecule has 0 radical (unpaired) electrons. The van der Waals surface area contributed by atoms with Crippen LogP contribution in [-0.4, -0.2) is 44.3 Å². The topological polar surface area (TPSA) is 86.8 Å². The van der Waals surface area contributed by atoms with Gasteiger partial charge in [-0.05, 0) is 55.8 Å². The van der Waals surface area contributed by atoms with Crippen LogP contribution >= 0.6 is 34.8 Å². The molecule has 0 heterocycles. The molecule has 2 amide bonds. The maximum Gasteiger partial charge on any atom is 0.264 e. The van der Waals surface area contributed by atoms with E-state index in [0.29, 0.717) is 17.1 Å². The number of sulfonamides is 1. The largest absolute Gasteiger partial charge is 0.355 e. The number of nitrogens with zero attached hydrogens (tertiary/aromatic N) is 2. The normalized spacial score (nSPS) is 12.0. The number of amides is 2. The van der Waals surface area contributed by atoms with Gasteiger partial charge in [-0.2, -0.15) is 0 Å². The zero-order valence-electron chi connectivity index (χ0n) is 20.2. The van der Waals surface area contributed by atoms with Crippen LogP contribution in [0.15, 0.2) is 77.7 Å². The molecule has 0 aliphatic carbocycles. The number of benzene rings is 3. The molecule has 0 bridgehead atoms. The fourth-order valence-electron chi connectivity index (χ4n) is 3.65. The van der Waals surface area contributed by atoms with Gasteiger partial charge in [0.2, 0.25) is 11.8 Å². The van der Waals surface area contributed by atoms with E-state index in [1.807, 2.05) is 0 Å². The van der Waals surface area contributed by atoms with Crippen molar-refractivity contribution in [2.75, 3.05) is 17.4 Å². The summed E-state index contributed by atoms with van der Waals surface area (Å²) in [6.07, 6.45) is 0. The molecule has 0 aromatic heterocycles. The molecule has 3 rings (SSSR count). The van der Waals surface area contributed by atoms with Gasteiger partial charge in [0.25, 0.3) is 10.0 Å². The summed E-state index contributed by atoms with van der Waals surface area (Å²) in [5, 5.41) is 3.52. The van der Waals surface area contributed by atoms with Crippen LogP contribution in [0.2, 0.25) is 15.1 Å². The molecule has 3 aromatic rings. The molecule has 0 saturated heterocycles. The first-order valence-corrected chi connectivity index (χ1v) is 14.0. The van der Waals surface area contributed by atoms with Gasteiger partial charge in [-0.25, -0.2) is 8.42 Å². The zero-order chi connectivity index (χ0) is 27.2. The van der Waals surface area contributed by atoms with Crippen molar-refractivity contribution in [3.05, 3.63) is 93.4 Å². The maximum atomic E-state index is 13.8. The van der Waals surface area contributed by atoms with Gasteiger partial charge in [-0.3, -0.25) is 13.9 Å². The first kappa shape index (κ1) is 28.8. The highest BCUT2D eigenvalue weighted by Crippen LogP contribution is 2.30. The Bertz CT molecular complexity index is 1350. The van der Waals surface area contributed by atoms with Gasteiger partial charge < -0.3 is 10.2 Å². The number of hydrogen-bond donors (Lipinski definition) is 1. The smallest absolute Gasteiger partial charge is 0.264 e. The average molecular weight is 583 g/mol. The second kappa shape index (κ2) is 12.6. The predicted octanol–water partition coefficient (Wildman–Crippen LogP) is 5.40. The first-order valence-electron chi connectivity index (χ1n) is 11.4. The molecule has 0 saturated carbocycles. The Kier molecular flexibility index (Phi) is 9.84. The van der Waals surface area contributed by atoms with E-state index in [9.17, 15) is 18.0 Å². The van der Waals surface area contributed by atoms with Crippen molar-refractivity contribution < 1.29 is 18.0 Å². The first-order chi connectivity index (χ1) is 17.5. The second-order valence-corrected chi connectivity index (χ2v) is 11.3. The summed E-state index contributed by atoms with van der Waals surface area (Å²) in [6.45, 7) is 3.09. The molecule has 1 atom stereocenters. The van der Waals surface area contributed by atoms with E-state index in [1.165, 1.54) is 35.2 Å². The number of hydrogen-bond acceptors (Lipinski definition) is 4. The van der Waals surface area contributed by atoms with Crippen molar-refractivity contribution in [2.45, 2.75) is 31.3 Å². The van der Waals surface area contributed by atoms with E-state index in [-0.39, 0.29) is 33.1 Å². The van der Waals surface area contributed by atoms with Gasteiger partial charge in [-0.1, -0.05) is 71.2 Å². The highest BCUT2D eigenvalue weighted by atomic mass is 35.5. The zero-order valence-corrected chi connectivity index (χ0v) is 23.3. The average Bonchev–Trinajstić information content (AvgIpc) is 2.86. The lowest BCUT2D eigenvalue weighted by molar-refractivity contribution is -0.139. The number of rotatable bonds is 10. The molecule has 1 N–H and O–H groups in total. The summed E-state index contributed by atoms with van der Waals surface area (Å²) in [6, 6.07) is 18.0. The Morgan fingerprint density at radius 3 is 2.11 bits per heavy atom. The van der Waals surface area contributed by atoms with E-state index < -0.39 is 28.5 Å². The summed E-state index contributed by atoms with van der Waals surface area (Å²) in [5.41, 5.74) is 0.718. The molecule has 7 nitrogen and oxygen atoms in total. The molecule has 0 aliphatic rings. The van der Waals surface area contributed by atoms with Crippen LogP contribution in [0.25, 0.3) is 0 Å². The van der Waals surface area contributed by atoms with E-state index in [1.54, 1.807) is 56.3 Å². The number of carbonyl (C=O) groups is 2.